The maximum Gasteiger partial charge on any atom is 0.191 e. The fourth-order valence-corrected chi connectivity index (χ4v) is 3.29. The summed E-state index contributed by atoms with van der Waals surface area (Å²) < 4.78 is 0. The summed E-state index contributed by atoms with van der Waals surface area (Å²) in [5, 5.41) is 6.75. The molecule has 2 aromatic rings. The maximum absolute atomic E-state index is 4.74. The van der Waals surface area contributed by atoms with Crippen LogP contribution in [-0.4, -0.2) is 30.3 Å². The van der Waals surface area contributed by atoms with E-state index in [0.717, 1.165) is 25.5 Å². The molecule has 142 valence electrons. The average molecular weight is 484 g/mol. The van der Waals surface area contributed by atoms with Crippen molar-refractivity contribution in [1.29, 1.82) is 0 Å². The first-order valence-corrected chi connectivity index (χ1v) is 9.91. The van der Waals surface area contributed by atoms with Gasteiger partial charge in [0.15, 0.2) is 5.96 Å². The highest BCUT2D eigenvalue weighted by molar-refractivity contribution is 14.0. The van der Waals surface area contributed by atoms with Gasteiger partial charge in [0.2, 0.25) is 0 Å². The van der Waals surface area contributed by atoms with Gasteiger partial charge in [-0.15, -0.1) is 35.7 Å². The quantitative estimate of drug-likeness (QED) is 0.266. The molecular formula is C20H29IN4S. The van der Waals surface area contributed by atoms with E-state index in [-0.39, 0.29) is 24.0 Å². The molecule has 0 aliphatic rings. The van der Waals surface area contributed by atoms with Gasteiger partial charge in [-0.05, 0) is 67.8 Å². The van der Waals surface area contributed by atoms with E-state index in [0.29, 0.717) is 6.54 Å². The molecular weight excluding hydrogens is 455 g/mol. The Bertz CT molecular complexity index is 719. The molecule has 0 bridgehead atoms. The smallest absolute Gasteiger partial charge is 0.191 e. The zero-order chi connectivity index (χ0) is 18.1. The van der Waals surface area contributed by atoms with Crippen LogP contribution < -0.4 is 10.6 Å². The minimum absolute atomic E-state index is 0. The predicted octanol–water partition coefficient (Wildman–Crippen LogP) is 4.34. The normalized spacial score (nSPS) is 11.0. The van der Waals surface area contributed by atoms with Gasteiger partial charge in [-0.25, -0.2) is 4.99 Å². The van der Waals surface area contributed by atoms with Gasteiger partial charge < -0.3 is 10.6 Å². The lowest BCUT2D eigenvalue weighted by Gasteiger charge is -2.13. The number of aromatic nitrogens is 1. The summed E-state index contributed by atoms with van der Waals surface area (Å²) in [6, 6.07) is 8.63. The Morgan fingerprint density at radius 3 is 2.65 bits per heavy atom. The van der Waals surface area contributed by atoms with Crippen molar-refractivity contribution in [3.8, 4) is 0 Å². The summed E-state index contributed by atoms with van der Waals surface area (Å²) >= 11 is 1.78. The Morgan fingerprint density at radius 1 is 1.15 bits per heavy atom. The summed E-state index contributed by atoms with van der Waals surface area (Å²) in [7, 11) is 0. The lowest BCUT2D eigenvalue weighted by Crippen LogP contribution is -2.38. The number of halogens is 1. The number of thioether (sulfide) groups is 1. The fraction of sp³-hybridized carbons (Fsp3) is 0.400. The zero-order valence-electron chi connectivity index (χ0n) is 16.0. The molecule has 0 saturated heterocycles. The first kappa shape index (κ1) is 22.8. The fourth-order valence-electron chi connectivity index (χ4n) is 2.59. The van der Waals surface area contributed by atoms with Gasteiger partial charge in [-0.3, -0.25) is 4.98 Å². The van der Waals surface area contributed by atoms with E-state index in [4.69, 9.17) is 4.99 Å². The van der Waals surface area contributed by atoms with Crippen molar-refractivity contribution >= 4 is 41.7 Å². The van der Waals surface area contributed by atoms with Gasteiger partial charge in [-0.2, -0.15) is 0 Å². The molecule has 0 spiro atoms. The highest BCUT2D eigenvalue weighted by Gasteiger charge is 2.03. The van der Waals surface area contributed by atoms with E-state index in [1.54, 1.807) is 11.8 Å². The number of pyridine rings is 1. The number of guanidine groups is 1. The standard InChI is InChI=1S/C20H28N4S.HI/c1-5-22-20(23-11-9-17-8-10-21-13-16(17)3)24-14-18-7-6-15(2)12-19(18)25-4;/h6-8,10,12-13H,5,9,11,14H2,1-4H3,(H2,22,23,24);1H. The second-order valence-corrected chi connectivity index (χ2v) is 6.84. The van der Waals surface area contributed by atoms with E-state index in [1.807, 2.05) is 12.4 Å². The topological polar surface area (TPSA) is 49.3 Å². The van der Waals surface area contributed by atoms with Gasteiger partial charge in [0.1, 0.15) is 0 Å². The first-order chi connectivity index (χ1) is 12.1. The number of aryl methyl sites for hydroxylation is 2. The van der Waals surface area contributed by atoms with E-state index in [2.05, 4.69) is 66.9 Å². The Labute approximate surface area is 178 Å². The number of nitrogens with one attached hydrogen (secondary N) is 2. The summed E-state index contributed by atoms with van der Waals surface area (Å²) in [5.74, 6) is 0.863. The van der Waals surface area contributed by atoms with Crippen molar-refractivity contribution in [3.05, 3.63) is 58.9 Å². The van der Waals surface area contributed by atoms with Crippen LogP contribution in [0.15, 0.2) is 46.5 Å². The minimum Gasteiger partial charge on any atom is -0.357 e. The number of hydrogen-bond donors (Lipinski definition) is 2. The third-order valence-electron chi connectivity index (χ3n) is 4.02. The lowest BCUT2D eigenvalue weighted by molar-refractivity contribution is 0.795. The molecule has 1 aromatic carbocycles. The molecule has 2 N–H and O–H groups in total. The third kappa shape index (κ3) is 7.15. The zero-order valence-corrected chi connectivity index (χ0v) is 19.2. The van der Waals surface area contributed by atoms with E-state index in [1.165, 1.54) is 27.1 Å². The van der Waals surface area contributed by atoms with Crippen LogP contribution in [0.5, 0.6) is 0 Å². The SMILES string of the molecule is CCNC(=NCc1ccc(C)cc1SC)NCCc1ccncc1C.I. The van der Waals surface area contributed by atoms with Crippen LogP contribution >= 0.6 is 35.7 Å². The van der Waals surface area contributed by atoms with Crippen LogP contribution in [0.25, 0.3) is 0 Å². The lowest BCUT2D eigenvalue weighted by atomic mass is 10.1. The predicted molar refractivity (Wildman–Crippen MR) is 124 cm³/mol. The van der Waals surface area contributed by atoms with Crippen molar-refractivity contribution in [3.63, 3.8) is 0 Å². The highest BCUT2D eigenvalue weighted by Crippen LogP contribution is 2.22. The third-order valence-corrected chi connectivity index (χ3v) is 4.84. The Morgan fingerprint density at radius 2 is 1.96 bits per heavy atom. The highest BCUT2D eigenvalue weighted by atomic mass is 127. The maximum atomic E-state index is 4.74. The molecule has 0 amide bonds. The molecule has 0 atom stereocenters. The van der Waals surface area contributed by atoms with E-state index >= 15 is 0 Å². The number of aliphatic imine (C=N–C) groups is 1. The van der Waals surface area contributed by atoms with Gasteiger partial charge >= 0.3 is 0 Å². The Kier molecular flexibility index (Phi) is 10.7. The van der Waals surface area contributed by atoms with Crippen LogP contribution in [0.1, 0.15) is 29.2 Å². The van der Waals surface area contributed by atoms with Crippen molar-refractivity contribution in [1.82, 2.24) is 15.6 Å². The van der Waals surface area contributed by atoms with Crippen molar-refractivity contribution in [2.75, 3.05) is 19.3 Å². The number of benzene rings is 1. The van der Waals surface area contributed by atoms with Crippen molar-refractivity contribution in [2.24, 2.45) is 4.99 Å². The van der Waals surface area contributed by atoms with Crippen LogP contribution in [0, 0.1) is 13.8 Å². The van der Waals surface area contributed by atoms with Crippen LogP contribution in [0.3, 0.4) is 0 Å². The van der Waals surface area contributed by atoms with Crippen molar-refractivity contribution < 1.29 is 0 Å². The second-order valence-electron chi connectivity index (χ2n) is 5.99. The van der Waals surface area contributed by atoms with Gasteiger partial charge in [0, 0.05) is 30.4 Å². The molecule has 0 fully saturated rings. The molecule has 2 rings (SSSR count). The summed E-state index contributed by atoms with van der Waals surface area (Å²) in [6.07, 6.45) is 6.83. The average Bonchev–Trinajstić information content (AvgIpc) is 2.62. The van der Waals surface area contributed by atoms with Gasteiger partial charge in [-0.1, -0.05) is 12.1 Å². The molecule has 0 unspecified atom stereocenters. The molecule has 0 saturated carbocycles. The molecule has 1 aromatic heterocycles. The van der Waals surface area contributed by atoms with Crippen molar-refractivity contribution in [2.45, 2.75) is 38.6 Å². The summed E-state index contributed by atoms with van der Waals surface area (Å²) in [5.41, 5.74) is 5.10. The molecule has 26 heavy (non-hydrogen) atoms. The second kappa shape index (κ2) is 12.2. The number of nitrogens with zero attached hydrogens (tertiary/aromatic N) is 2. The van der Waals surface area contributed by atoms with E-state index < -0.39 is 0 Å². The summed E-state index contributed by atoms with van der Waals surface area (Å²) in [6.45, 7) is 8.69. The van der Waals surface area contributed by atoms with Crippen LogP contribution in [0.4, 0.5) is 0 Å². The van der Waals surface area contributed by atoms with E-state index in [9.17, 15) is 0 Å². The minimum atomic E-state index is 0. The first-order valence-electron chi connectivity index (χ1n) is 8.69. The van der Waals surface area contributed by atoms with Crippen LogP contribution in [-0.2, 0) is 13.0 Å². The number of rotatable bonds is 7. The number of hydrogen-bond acceptors (Lipinski definition) is 3. The van der Waals surface area contributed by atoms with Gasteiger partial charge in [0.25, 0.3) is 0 Å². The molecule has 4 nitrogen and oxygen atoms in total. The Hall–Kier alpha value is -1.28. The molecule has 0 aliphatic heterocycles. The van der Waals surface area contributed by atoms with Crippen LogP contribution in [0.2, 0.25) is 0 Å². The molecule has 6 heteroatoms. The molecule has 0 radical (unpaired) electrons. The largest absolute Gasteiger partial charge is 0.357 e. The molecule has 0 aliphatic carbocycles. The monoisotopic (exact) mass is 484 g/mol. The summed E-state index contributed by atoms with van der Waals surface area (Å²) in [4.78, 5) is 10.2. The Balaban J connectivity index is 0.00000338. The molecule has 1 heterocycles. The van der Waals surface area contributed by atoms with Gasteiger partial charge in [0.05, 0.1) is 6.54 Å².